The Labute approximate surface area is 84.6 Å². The lowest BCUT2D eigenvalue weighted by atomic mass is 10.1. The molecule has 0 heterocycles. The highest BCUT2D eigenvalue weighted by molar-refractivity contribution is 7.74. The minimum Gasteiger partial charge on any atom is -0.284 e. The molecule has 14 heavy (non-hydrogen) atoms. The van der Waals surface area contributed by atoms with Crippen LogP contribution in [0.2, 0.25) is 0 Å². The van der Waals surface area contributed by atoms with Gasteiger partial charge in [-0.2, -0.15) is 9.47 Å². The average molecular weight is 211 g/mol. The van der Waals surface area contributed by atoms with E-state index in [9.17, 15) is 4.21 Å². The molecule has 1 rings (SSSR count). The van der Waals surface area contributed by atoms with Crippen molar-refractivity contribution in [2.24, 2.45) is 0 Å². The molecule has 1 aromatic rings. The fourth-order valence-electron chi connectivity index (χ4n) is 0.977. The molecule has 74 valence electrons. The zero-order valence-electron chi connectivity index (χ0n) is 7.34. The number of rotatable bonds is 4. The fourth-order valence-corrected chi connectivity index (χ4v) is 1.20. The first-order valence-corrected chi connectivity index (χ1v) is 4.98. The molecule has 0 aromatic heterocycles. The first-order valence-electron chi connectivity index (χ1n) is 3.95. The standard InChI is InChI=1S/C9H9NO3S/c10-7-9-3-1-8(2-4-9)5-6-13-14(11)12/h1-4H,5-6H2,(H,11,12). The zero-order chi connectivity index (χ0) is 10.4. The maximum Gasteiger partial charge on any atom is 0.301 e. The Morgan fingerprint density at radius 1 is 1.43 bits per heavy atom. The third kappa shape index (κ3) is 3.66. The van der Waals surface area contributed by atoms with E-state index >= 15 is 0 Å². The Hall–Kier alpha value is -1.22. The maximum absolute atomic E-state index is 10.1. The number of benzene rings is 1. The summed E-state index contributed by atoms with van der Waals surface area (Å²) in [4.78, 5) is 0. The molecule has 0 saturated carbocycles. The highest BCUT2D eigenvalue weighted by atomic mass is 32.2. The molecule has 1 atom stereocenters. The Balaban J connectivity index is 2.45. The topological polar surface area (TPSA) is 70.3 Å². The lowest BCUT2D eigenvalue weighted by Gasteiger charge is -1.99. The molecule has 0 aliphatic carbocycles. The summed E-state index contributed by atoms with van der Waals surface area (Å²) in [6.07, 6.45) is 0.554. The number of nitrogens with zero attached hydrogens (tertiary/aromatic N) is 1. The molecule has 0 aliphatic heterocycles. The second kappa shape index (κ2) is 5.50. The molecule has 4 nitrogen and oxygen atoms in total. The van der Waals surface area contributed by atoms with Crippen molar-refractivity contribution in [3.63, 3.8) is 0 Å². The van der Waals surface area contributed by atoms with Crippen LogP contribution >= 0.6 is 0 Å². The molecule has 0 bridgehead atoms. The van der Waals surface area contributed by atoms with E-state index in [0.717, 1.165) is 5.56 Å². The molecular formula is C9H9NO3S. The van der Waals surface area contributed by atoms with Crippen molar-refractivity contribution in [3.05, 3.63) is 35.4 Å². The first kappa shape index (κ1) is 10.9. The molecular weight excluding hydrogens is 202 g/mol. The van der Waals surface area contributed by atoms with Crippen LogP contribution < -0.4 is 0 Å². The van der Waals surface area contributed by atoms with Crippen molar-refractivity contribution in [2.45, 2.75) is 6.42 Å². The summed E-state index contributed by atoms with van der Waals surface area (Å²) in [6, 6.07) is 9.00. The van der Waals surface area contributed by atoms with E-state index in [2.05, 4.69) is 4.18 Å². The molecule has 1 unspecified atom stereocenters. The summed E-state index contributed by atoms with van der Waals surface area (Å²) < 4.78 is 22.9. The van der Waals surface area contributed by atoms with Gasteiger partial charge in [-0.25, -0.2) is 0 Å². The van der Waals surface area contributed by atoms with E-state index in [0.29, 0.717) is 12.0 Å². The second-order valence-corrected chi connectivity index (χ2v) is 3.27. The van der Waals surface area contributed by atoms with Crippen LogP contribution in [-0.4, -0.2) is 15.4 Å². The van der Waals surface area contributed by atoms with Crippen LogP contribution in [0.25, 0.3) is 0 Å². The first-order chi connectivity index (χ1) is 6.72. The van der Waals surface area contributed by atoms with Gasteiger partial charge in [-0.15, -0.1) is 0 Å². The van der Waals surface area contributed by atoms with E-state index < -0.39 is 11.4 Å². The monoisotopic (exact) mass is 211 g/mol. The third-order valence-electron chi connectivity index (χ3n) is 1.66. The van der Waals surface area contributed by atoms with Crippen molar-refractivity contribution in [1.82, 2.24) is 0 Å². The number of nitriles is 1. The molecule has 0 amide bonds. The third-order valence-corrected chi connectivity index (χ3v) is 2.03. The lowest BCUT2D eigenvalue weighted by Crippen LogP contribution is -2.00. The normalized spacial score (nSPS) is 12.0. The van der Waals surface area contributed by atoms with Crippen LogP contribution in [-0.2, 0) is 22.0 Å². The zero-order valence-corrected chi connectivity index (χ0v) is 8.16. The largest absolute Gasteiger partial charge is 0.301 e. The minimum absolute atomic E-state index is 0.189. The Morgan fingerprint density at radius 2 is 2.07 bits per heavy atom. The van der Waals surface area contributed by atoms with Crippen molar-refractivity contribution >= 4 is 11.4 Å². The Morgan fingerprint density at radius 3 is 2.57 bits per heavy atom. The van der Waals surface area contributed by atoms with Gasteiger partial charge in [0.15, 0.2) is 0 Å². The average Bonchev–Trinajstić information content (AvgIpc) is 2.18. The quantitative estimate of drug-likeness (QED) is 0.761. The van der Waals surface area contributed by atoms with Gasteiger partial charge < -0.3 is 0 Å². The summed E-state index contributed by atoms with van der Waals surface area (Å²) in [5.74, 6) is 0. The van der Waals surface area contributed by atoms with Crippen LogP contribution in [0, 0.1) is 11.3 Å². The van der Waals surface area contributed by atoms with Crippen LogP contribution in [0.5, 0.6) is 0 Å². The molecule has 5 heteroatoms. The van der Waals surface area contributed by atoms with Gasteiger partial charge in [-0.1, -0.05) is 12.1 Å². The van der Waals surface area contributed by atoms with E-state index in [4.69, 9.17) is 9.81 Å². The van der Waals surface area contributed by atoms with E-state index in [1.807, 2.05) is 6.07 Å². The SMILES string of the molecule is N#Cc1ccc(CCOS(=O)O)cc1. The summed E-state index contributed by atoms with van der Waals surface area (Å²) in [5, 5.41) is 8.53. The summed E-state index contributed by atoms with van der Waals surface area (Å²) in [5.41, 5.74) is 1.56. The van der Waals surface area contributed by atoms with E-state index in [1.54, 1.807) is 24.3 Å². The molecule has 0 aliphatic rings. The van der Waals surface area contributed by atoms with Gasteiger partial charge in [0.1, 0.15) is 0 Å². The summed E-state index contributed by atoms with van der Waals surface area (Å²) in [6.45, 7) is 0.189. The van der Waals surface area contributed by atoms with Gasteiger partial charge in [0.25, 0.3) is 0 Å². The van der Waals surface area contributed by atoms with E-state index in [1.165, 1.54) is 0 Å². The Kier molecular flexibility index (Phi) is 4.26. The van der Waals surface area contributed by atoms with Crippen LogP contribution in [0.1, 0.15) is 11.1 Å². The van der Waals surface area contributed by atoms with Gasteiger partial charge >= 0.3 is 11.4 Å². The molecule has 0 fully saturated rings. The fraction of sp³-hybridized carbons (Fsp3) is 0.222. The summed E-state index contributed by atoms with van der Waals surface area (Å²) >= 11 is -2.20. The molecule has 0 saturated heterocycles. The minimum atomic E-state index is -2.20. The van der Waals surface area contributed by atoms with Crippen molar-refractivity contribution in [3.8, 4) is 6.07 Å². The van der Waals surface area contributed by atoms with Gasteiger partial charge in [-0.05, 0) is 24.1 Å². The number of hydrogen-bond acceptors (Lipinski definition) is 3. The van der Waals surface area contributed by atoms with Crippen molar-refractivity contribution in [2.75, 3.05) is 6.61 Å². The van der Waals surface area contributed by atoms with Gasteiger partial charge in [0.2, 0.25) is 0 Å². The molecule has 1 N–H and O–H groups in total. The lowest BCUT2D eigenvalue weighted by molar-refractivity contribution is 0.310. The molecule has 1 aromatic carbocycles. The highest BCUT2D eigenvalue weighted by Crippen LogP contribution is 2.04. The van der Waals surface area contributed by atoms with Crippen molar-refractivity contribution < 1.29 is 12.9 Å². The van der Waals surface area contributed by atoms with Crippen LogP contribution in [0.4, 0.5) is 0 Å². The smallest absolute Gasteiger partial charge is 0.284 e. The van der Waals surface area contributed by atoms with Crippen molar-refractivity contribution in [1.29, 1.82) is 5.26 Å². The number of hydrogen-bond donors (Lipinski definition) is 1. The van der Waals surface area contributed by atoms with Crippen LogP contribution in [0.15, 0.2) is 24.3 Å². The van der Waals surface area contributed by atoms with Crippen LogP contribution in [0.3, 0.4) is 0 Å². The predicted octanol–water partition coefficient (Wildman–Crippen LogP) is 1.25. The maximum atomic E-state index is 10.1. The molecule has 0 spiro atoms. The van der Waals surface area contributed by atoms with E-state index in [-0.39, 0.29) is 6.61 Å². The summed E-state index contributed by atoms with van der Waals surface area (Å²) in [7, 11) is 0. The second-order valence-electron chi connectivity index (χ2n) is 2.60. The van der Waals surface area contributed by atoms with Gasteiger partial charge in [0, 0.05) is 0 Å². The highest BCUT2D eigenvalue weighted by Gasteiger charge is 1.96. The van der Waals surface area contributed by atoms with Gasteiger partial charge in [0.05, 0.1) is 18.2 Å². The molecule has 0 radical (unpaired) electrons. The predicted molar refractivity (Wildman–Crippen MR) is 51.6 cm³/mol. The Bertz CT molecular complexity index is 355. The van der Waals surface area contributed by atoms with Gasteiger partial charge in [-0.3, -0.25) is 8.74 Å².